The molecule has 158 valence electrons. The highest BCUT2D eigenvalue weighted by atomic mass is 32.1. The van der Waals surface area contributed by atoms with Crippen molar-refractivity contribution in [2.45, 2.75) is 19.9 Å². The Morgan fingerprint density at radius 1 is 1.13 bits per heavy atom. The number of hydrogen-bond donors (Lipinski definition) is 2. The van der Waals surface area contributed by atoms with Gasteiger partial charge in [0.2, 0.25) is 0 Å². The molecule has 0 atom stereocenters. The Morgan fingerprint density at radius 3 is 2.58 bits per heavy atom. The maximum Gasteiger partial charge on any atom is 0.263 e. The van der Waals surface area contributed by atoms with Gasteiger partial charge >= 0.3 is 0 Å². The predicted octanol–water partition coefficient (Wildman–Crippen LogP) is 3.91. The van der Waals surface area contributed by atoms with Gasteiger partial charge in [-0.05, 0) is 48.9 Å². The lowest BCUT2D eigenvalue weighted by molar-refractivity contribution is 0.0953. The third kappa shape index (κ3) is 4.95. The molecule has 0 unspecified atom stereocenters. The zero-order chi connectivity index (χ0) is 21.8. The van der Waals surface area contributed by atoms with E-state index in [9.17, 15) is 9.18 Å². The van der Waals surface area contributed by atoms with Gasteiger partial charge in [0.25, 0.3) is 5.91 Å². The number of ether oxygens (including phenoxy) is 1. The maximum atomic E-state index is 13.1. The van der Waals surface area contributed by atoms with Crippen molar-refractivity contribution in [2.24, 2.45) is 0 Å². The Balaban J connectivity index is 1.38. The molecule has 1 amide bonds. The molecule has 9 heteroatoms. The van der Waals surface area contributed by atoms with Gasteiger partial charge in [-0.2, -0.15) is 5.10 Å². The highest BCUT2D eigenvalue weighted by molar-refractivity contribution is 7.13. The average Bonchev–Trinajstić information content (AvgIpc) is 3.40. The van der Waals surface area contributed by atoms with E-state index in [1.54, 1.807) is 26.2 Å². The first-order valence-corrected chi connectivity index (χ1v) is 10.4. The Labute approximate surface area is 182 Å². The second-order valence-corrected chi connectivity index (χ2v) is 7.93. The molecule has 0 aliphatic heterocycles. The number of nitrogens with zero attached hydrogens (tertiary/aromatic N) is 3. The van der Waals surface area contributed by atoms with E-state index in [1.165, 1.54) is 23.5 Å². The number of aromatic nitrogens is 4. The molecule has 0 radical (unpaired) electrons. The Hall–Kier alpha value is -3.59. The third-order valence-corrected chi connectivity index (χ3v) is 5.77. The van der Waals surface area contributed by atoms with Crippen LogP contribution >= 0.6 is 11.3 Å². The standard InChI is InChI=1S/C22H20FN5O2S/c1-13-20(31-19(25-13)11-14-3-7-16(23)8-4-14)22(29)24-12-18-26-21(28-27-18)15-5-9-17(30-2)10-6-15/h3-10H,11-12H2,1-2H3,(H,24,29)(H,26,27,28). The Kier molecular flexibility index (Phi) is 6.03. The van der Waals surface area contributed by atoms with Gasteiger partial charge in [-0.25, -0.2) is 14.4 Å². The van der Waals surface area contributed by atoms with Crippen molar-refractivity contribution in [2.75, 3.05) is 7.11 Å². The number of hydrogen-bond acceptors (Lipinski definition) is 6. The summed E-state index contributed by atoms with van der Waals surface area (Å²) in [5.74, 6) is 1.35. The van der Waals surface area contributed by atoms with Crippen LogP contribution < -0.4 is 10.1 Å². The number of benzene rings is 2. The van der Waals surface area contributed by atoms with Crippen LogP contribution in [0.4, 0.5) is 4.39 Å². The minimum Gasteiger partial charge on any atom is -0.497 e. The largest absolute Gasteiger partial charge is 0.497 e. The van der Waals surface area contributed by atoms with Crippen LogP contribution in [-0.2, 0) is 13.0 Å². The molecule has 0 fully saturated rings. The monoisotopic (exact) mass is 437 g/mol. The lowest BCUT2D eigenvalue weighted by Gasteiger charge is -2.01. The highest BCUT2D eigenvalue weighted by Crippen LogP contribution is 2.22. The second kappa shape index (κ2) is 9.05. The van der Waals surface area contributed by atoms with E-state index in [1.807, 2.05) is 24.3 Å². The normalized spacial score (nSPS) is 10.8. The fourth-order valence-electron chi connectivity index (χ4n) is 3.00. The van der Waals surface area contributed by atoms with Gasteiger partial charge in [-0.3, -0.25) is 9.89 Å². The fourth-order valence-corrected chi connectivity index (χ4v) is 4.02. The molecule has 0 saturated heterocycles. The van der Waals surface area contributed by atoms with Crippen LogP contribution in [0.3, 0.4) is 0 Å². The number of aromatic amines is 1. The molecule has 4 aromatic rings. The van der Waals surface area contributed by atoms with E-state index in [0.29, 0.717) is 28.6 Å². The van der Waals surface area contributed by atoms with Crippen molar-refractivity contribution in [3.05, 3.63) is 81.3 Å². The summed E-state index contributed by atoms with van der Waals surface area (Å²) in [6.07, 6.45) is 0.548. The number of carbonyl (C=O) groups excluding carboxylic acids is 1. The first-order valence-electron chi connectivity index (χ1n) is 9.56. The van der Waals surface area contributed by atoms with Crippen molar-refractivity contribution in [1.82, 2.24) is 25.5 Å². The molecule has 7 nitrogen and oxygen atoms in total. The number of halogens is 1. The number of methoxy groups -OCH3 is 1. The van der Waals surface area contributed by atoms with Gasteiger partial charge in [0, 0.05) is 12.0 Å². The summed E-state index contributed by atoms with van der Waals surface area (Å²) in [6.45, 7) is 2.02. The molecule has 0 spiro atoms. The van der Waals surface area contributed by atoms with E-state index in [2.05, 4.69) is 25.5 Å². The highest BCUT2D eigenvalue weighted by Gasteiger charge is 2.16. The molecule has 2 aromatic carbocycles. The van der Waals surface area contributed by atoms with E-state index in [-0.39, 0.29) is 18.3 Å². The van der Waals surface area contributed by atoms with E-state index in [4.69, 9.17) is 4.74 Å². The summed E-state index contributed by atoms with van der Waals surface area (Å²) in [5, 5.41) is 10.7. The molecule has 2 aromatic heterocycles. The van der Waals surface area contributed by atoms with Crippen molar-refractivity contribution in [3.63, 3.8) is 0 Å². The summed E-state index contributed by atoms with van der Waals surface area (Å²) in [7, 11) is 1.61. The van der Waals surface area contributed by atoms with Crippen LogP contribution in [0.25, 0.3) is 11.4 Å². The number of nitrogens with one attached hydrogen (secondary N) is 2. The molecule has 4 rings (SSSR count). The molecule has 2 N–H and O–H groups in total. The SMILES string of the molecule is COc1ccc(-c2n[nH]c(CNC(=O)c3sc(Cc4ccc(F)cc4)nc3C)n2)cc1. The van der Waals surface area contributed by atoms with Crippen molar-refractivity contribution >= 4 is 17.2 Å². The van der Waals surface area contributed by atoms with Crippen LogP contribution in [0, 0.1) is 12.7 Å². The number of thiazole rings is 1. The molecule has 31 heavy (non-hydrogen) atoms. The van der Waals surface area contributed by atoms with Crippen molar-refractivity contribution in [1.29, 1.82) is 0 Å². The topological polar surface area (TPSA) is 92.8 Å². The molecular formula is C22H20FN5O2S. The summed E-state index contributed by atoms with van der Waals surface area (Å²) >= 11 is 1.33. The number of rotatable bonds is 7. The maximum absolute atomic E-state index is 13.1. The summed E-state index contributed by atoms with van der Waals surface area (Å²) in [6, 6.07) is 13.7. The molecular weight excluding hydrogens is 417 g/mol. The van der Waals surface area contributed by atoms with E-state index < -0.39 is 0 Å². The zero-order valence-corrected chi connectivity index (χ0v) is 17.8. The van der Waals surface area contributed by atoms with Gasteiger partial charge in [-0.1, -0.05) is 12.1 Å². The summed E-state index contributed by atoms with van der Waals surface area (Å²) in [5.41, 5.74) is 2.45. The molecule has 0 aliphatic carbocycles. The minimum atomic E-state index is -0.276. The fraction of sp³-hybridized carbons (Fsp3) is 0.182. The van der Waals surface area contributed by atoms with Crippen molar-refractivity contribution in [3.8, 4) is 17.1 Å². The summed E-state index contributed by atoms with van der Waals surface area (Å²) in [4.78, 5) is 22.1. The number of H-pyrrole nitrogens is 1. The smallest absolute Gasteiger partial charge is 0.263 e. The lowest BCUT2D eigenvalue weighted by Crippen LogP contribution is -2.23. The van der Waals surface area contributed by atoms with Crippen LogP contribution in [-0.4, -0.2) is 33.2 Å². The number of amides is 1. The van der Waals surface area contributed by atoms with Gasteiger partial charge in [0.1, 0.15) is 22.3 Å². The second-order valence-electron chi connectivity index (χ2n) is 6.84. The van der Waals surface area contributed by atoms with Gasteiger partial charge in [-0.15, -0.1) is 11.3 Å². The zero-order valence-electron chi connectivity index (χ0n) is 17.0. The first kappa shape index (κ1) is 20.7. The average molecular weight is 438 g/mol. The first-order chi connectivity index (χ1) is 15.0. The predicted molar refractivity (Wildman–Crippen MR) is 116 cm³/mol. The lowest BCUT2D eigenvalue weighted by atomic mass is 10.1. The van der Waals surface area contributed by atoms with Crippen LogP contribution in [0.2, 0.25) is 0 Å². The molecule has 0 bridgehead atoms. The minimum absolute atomic E-state index is 0.215. The molecule has 0 saturated carbocycles. The third-order valence-electron chi connectivity index (χ3n) is 4.61. The Bertz CT molecular complexity index is 1190. The Morgan fingerprint density at radius 2 is 1.87 bits per heavy atom. The van der Waals surface area contributed by atoms with E-state index in [0.717, 1.165) is 21.9 Å². The number of aryl methyl sites for hydroxylation is 1. The van der Waals surface area contributed by atoms with Gasteiger partial charge < -0.3 is 10.1 Å². The molecule has 2 heterocycles. The van der Waals surface area contributed by atoms with Crippen molar-refractivity contribution < 1.29 is 13.9 Å². The molecule has 0 aliphatic rings. The van der Waals surface area contributed by atoms with Gasteiger partial charge in [0.05, 0.1) is 24.4 Å². The van der Waals surface area contributed by atoms with Crippen LogP contribution in [0.15, 0.2) is 48.5 Å². The summed E-state index contributed by atoms with van der Waals surface area (Å²) < 4.78 is 18.2. The van der Waals surface area contributed by atoms with Crippen LogP contribution in [0.5, 0.6) is 5.75 Å². The van der Waals surface area contributed by atoms with Gasteiger partial charge in [0.15, 0.2) is 5.82 Å². The van der Waals surface area contributed by atoms with E-state index >= 15 is 0 Å². The van der Waals surface area contributed by atoms with Crippen LogP contribution in [0.1, 0.15) is 31.8 Å². The number of carbonyl (C=O) groups is 1. The quantitative estimate of drug-likeness (QED) is 0.457.